The highest BCUT2D eigenvalue weighted by Gasteiger charge is 2.35. The molecule has 2 atom stereocenters. The van der Waals surface area contributed by atoms with Gasteiger partial charge in [0.15, 0.2) is 0 Å². The molecule has 5 nitrogen and oxygen atoms in total. The fourth-order valence-corrected chi connectivity index (χ4v) is 2.74. The number of nitrogens with two attached hydrogens (primary N) is 1. The van der Waals surface area contributed by atoms with Crippen molar-refractivity contribution in [2.75, 3.05) is 34.9 Å². The summed E-state index contributed by atoms with van der Waals surface area (Å²) in [6.45, 7) is 0.976. The highest BCUT2D eigenvalue weighted by atomic mass is 16.5. The van der Waals surface area contributed by atoms with Crippen molar-refractivity contribution in [2.24, 2.45) is 5.73 Å². The minimum Gasteiger partial charge on any atom is -0.496 e. The van der Waals surface area contributed by atoms with Gasteiger partial charge in [0.1, 0.15) is 17.2 Å². The van der Waals surface area contributed by atoms with E-state index < -0.39 is 0 Å². The first kappa shape index (κ1) is 14.0. The number of benzene rings is 1. The Hall–Kier alpha value is -1.46. The zero-order chi connectivity index (χ0) is 14.0. The molecule has 2 N–H and O–H groups in total. The topological polar surface area (TPSA) is 57.0 Å². The van der Waals surface area contributed by atoms with Gasteiger partial charge in [-0.15, -0.1) is 0 Å². The van der Waals surface area contributed by atoms with E-state index in [4.69, 9.17) is 19.9 Å². The molecule has 0 aliphatic carbocycles. The summed E-state index contributed by atoms with van der Waals surface area (Å²) in [6.07, 6.45) is 0.972. The highest BCUT2D eigenvalue weighted by molar-refractivity contribution is 5.53. The van der Waals surface area contributed by atoms with Crippen LogP contribution < -0.4 is 19.9 Å². The maximum atomic E-state index is 6.24. The Labute approximate surface area is 114 Å². The number of likely N-dealkylation sites (tertiary alicyclic amines) is 1. The van der Waals surface area contributed by atoms with Crippen LogP contribution in [0.5, 0.6) is 17.2 Å². The molecule has 1 saturated heterocycles. The number of ether oxygens (including phenoxy) is 3. The standard InChI is InChI=1S/C14H22N2O3/c1-16-6-5-10(15)14(16)13-11(18-3)7-9(17-2)8-12(13)19-4/h7-8,10,14H,5-6,15H2,1-4H3. The Bertz CT molecular complexity index is 415. The van der Waals surface area contributed by atoms with Crippen molar-refractivity contribution in [3.8, 4) is 17.2 Å². The highest BCUT2D eigenvalue weighted by Crippen LogP contribution is 2.43. The SMILES string of the molecule is COc1cc(OC)c(C2C(N)CCN2C)c(OC)c1. The monoisotopic (exact) mass is 266 g/mol. The van der Waals surface area contributed by atoms with Crippen LogP contribution in [-0.2, 0) is 0 Å². The summed E-state index contributed by atoms with van der Waals surface area (Å²) in [5.41, 5.74) is 7.23. The Morgan fingerprint density at radius 2 is 1.68 bits per heavy atom. The van der Waals surface area contributed by atoms with E-state index in [1.54, 1.807) is 21.3 Å². The molecule has 1 aliphatic rings. The number of likely N-dealkylation sites (N-methyl/N-ethyl adjacent to an activating group) is 1. The zero-order valence-corrected chi connectivity index (χ0v) is 12.0. The van der Waals surface area contributed by atoms with Gasteiger partial charge >= 0.3 is 0 Å². The van der Waals surface area contributed by atoms with Gasteiger partial charge in [-0.2, -0.15) is 0 Å². The van der Waals surface area contributed by atoms with Crippen molar-refractivity contribution in [1.82, 2.24) is 4.90 Å². The van der Waals surface area contributed by atoms with E-state index in [1.165, 1.54) is 0 Å². The van der Waals surface area contributed by atoms with E-state index in [0.717, 1.165) is 30.0 Å². The third kappa shape index (κ3) is 2.48. The van der Waals surface area contributed by atoms with Crippen molar-refractivity contribution >= 4 is 0 Å². The fourth-order valence-electron chi connectivity index (χ4n) is 2.74. The van der Waals surface area contributed by atoms with Gasteiger partial charge in [0, 0.05) is 24.7 Å². The summed E-state index contributed by atoms with van der Waals surface area (Å²) in [6, 6.07) is 3.94. The third-order valence-corrected chi connectivity index (χ3v) is 3.74. The number of rotatable bonds is 4. The predicted molar refractivity (Wildman–Crippen MR) is 74.1 cm³/mol. The minimum absolute atomic E-state index is 0.0844. The molecule has 0 bridgehead atoms. The molecule has 0 spiro atoms. The molecule has 0 aromatic heterocycles. The van der Waals surface area contributed by atoms with Gasteiger partial charge in [0.25, 0.3) is 0 Å². The summed E-state index contributed by atoms with van der Waals surface area (Å²) in [5.74, 6) is 2.22. The molecule has 106 valence electrons. The van der Waals surface area contributed by atoms with Crippen molar-refractivity contribution in [3.05, 3.63) is 17.7 Å². The van der Waals surface area contributed by atoms with E-state index in [9.17, 15) is 0 Å². The van der Waals surface area contributed by atoms with Crippen LogP contribution in [-0.4, -0.2) is 45.9 Å². The fraction of sp³-hybridized carbons (Fsp3) is 0.571. The second kappa shape index (κ2) is 5.67. The molecule has 1 fully saturated rings. The Kier molecular flexibility index (Phi) is 4.17. The average molecular weight is 266 g/mol. The summed E-state index contributed by atoms with van der Waals surface area (Å²) in [7, 11) is 7.00. The summed E-state index contributed by atoms with van der Waals surface area (Å²) in [5, 5.41) is 0. The lowest BCUT2D eigenvalue weighted by molar-refractivity contribution is 0.280. The summed E-state index contributed by atoms with van der Waals surface area (Å²) < 4.78 is 16.3. The zero-order valence-electron chi connectivity index (χ0n) is 12.0. The number of hydrogen-bond donors (Lipinski definition) is 1. The van der Waals surface area contributed by atoms with Gasteiger partial charge in [-0.1, -0.05) is 0 Å². The van der Waals surface area contributed by atoms with Gasteiger partial charge in [-0.05, 0) is 13.5 Å². The summed E-state index contributed by atoms with van der Waals surface area (Å²) in [4.78, 5) is 2.23. The molecule has 2 rings (SSSR count). The average Bonchev–Trinajstić information content (AvgIpc) is 2.76. The molecule has 5 heteroatoms. The second-order valence-electron chi connectivity index (χ2n) is 4.82. The van der Waals surface area contributed by atoms with Crippen LogP contribution in [0.2, 0.25) is 0 Å². The van der Waals surface area contributed by atoms with Crippen molar-refractivity contribution in [2.45, 2.75) is 18.5 Å². The van der Waals surface area contributed by atoms with Crippen LogP contribution in [0.1, 0.15) is 18.0 Å². The molecule has 0 saturated carbocycles. The van der Waals surface area contributed by atoms with Crippen LogP contribution >= 0.6 is 0 Å². The summed E-state index contributed by atoms with van der Waals surface area (Å²) >= 11 is 0. The van der Waals surface area contributed by atoms with Gasteiger partial charge in [0.2, 0.25) is 0 Å². The van der Waals surface area contributed by atoms with Crippen molar-refractivity contribution in [3.63, 3.8) is 0 Å². The van der Waals surface area contributed by atoms with Gasteiger partial charge in [0.05, 0.1) is 32.9 Å². The van der Waals surface area contributed by atoms with E-state index in [0.29, 0.717) is 5.75 Å². The largest absolute Gasteiger partial charge is 0.496 e. The number of hydrogen-bond acceptors (Lipinski definition) is 5. The molecule has 1 aromatic carbocycles. The van der Waals surface area contributed by atoms with Crippen LogP contribution in [0.15, 0.2) is 12.1 Å². The quantitative estimate of drug-likeness (QED) is 0.893. The molecular formula is C14H22N2O3. The van der Waals surface area contributed by atoms with Gasteiger partial charge in [-0.25, -0.2) is 0 Å². The van der Waals surface area contributed by atoms with E-state index in [2.05, 4.69) is 11.9 Å². The van der Waals surface area contributed by atoms with Crippen molar-refractivity contribution in [1.29, 1.82) is 0 Å². The van der Waals surface area contributed by atoms with Gasteiger partial charge < -0.3 is 19.9 Å². The van der Waals surface area contributed by atoms with Crippen molar-refractivity contribution < 1.29 is 14.2 Å². The molecule has 1 aliphatic heterocycles. The van der Waals surface area contributed by atoms with Crippen LogP contribution in [0, 0.1) is 0 Å². The van der Waals surface area contributed by atoms with Crippen LogP contribution in [0.4, 0.5) is 0 Å². The molecule has 1 aromatic rings. The molecule has 0 radical (unpaired) electrons. The second-order valence-corrected chi connectivity index (χ2v) is 4.82. The lowest BCUT2D eigenvalue weighted by Gasteiger charge is -2.27. The lowest BCUT2D eigenvalue weighted by atomic mass is 9.98. The number of nitrogens with zero attached hydrogens (tertiary/aromatic N) is 1. The smallest absolute Gasteiger partial charge is 0.131 e. The lowest BCUT2D eigenvalue weighted by Crippen LogP contribution is -2.30. The van der Waals surface area contributed by atoms with Crippen LogP contribution in [0.25, 0.3) is 0 Å². The van der Waals surface area contributed by atoms with E-state index >= 15 is 0 Å². The van der Waals surface area contributed by atoms with Gasteiger partial charge in [-0.3, -0.25) is 4.90 Å². The maximum Gasteiger partial charge on any atom is 0.131 e. The molecule has 19 heavy (non-hydrogen) atoms. The Morgan fingerprint density at radius 3 is 2.05 bits per heavy atom. The Balaban J connectivity index is 2.53. The molecular weight excluding hydrogens is 244 g/mol. The first-order valence-electron chi connectivity index (χ1n) is 6.38. The predicted octanol–water partition coefficient (Wildman–Crippen LogP) is 1.42. The Morgan fingerprint density at radius 1 is 1.11 bits per heavy atom. The first-order chi connectivity index (χ1) is 9.12. The van der Waals surface area contributed by atoms with Crippen LogP contribution in [0.3, 0.4) is 0 Å². The van der Waals surface area contributed by atoms with E-state index in [1.807, 2.05) is 12.1 Å². The van der Waals surface area contributed by atoms with E-state index in [-0.39, 0.29) is 12.1 Å². The molecule has 0 amide bonds. The molecule has 1 heterocycles. The molecule has 2 unspecified atom stereocenters. The maximum absolute atomic E-state index is 6.24. The minimum atomic E-state index is 0.0844. The first-order valence-corrected chi connectivity index (χ1v) is 6.38. The number of methoxy groups -OCH3 is 3. The third-order valence-electron chi connectivity index (χ3n) is 3.74. The normalized spacial score (nSPS) is 23.4.